The molecule has 0 unspecified atom stereocenters. The Balaban J connectivity index is 3.08. The van der Waals surface area contributed by atoms with E-state index in [-0.39, 0.29) is 17.6 Å². The Morgan fingerprint density at radius 2 is 2.00 bits per heavy atom. The van der Waals surface area contributed by atoms with Crippen LogP contribution >= 0.6 is 0 Å². The third-order valence-corrected chi connectivity index (χ3v) is 2.66. The molecule has 17 heavy (non-hydrogen) atoms. The van der Waals surface area contributed by atoms with Crippen molar-refractivity contribution in [2.24, 2.45) is 0 Å². The van der Waals surface area contributed by atoms with Crippen LogP contribution in [0.15, 0.2) is 24.9 Å². The molecule has 0 radical (unpaired) electrons. The van der Waals surface area contributed by atoms with Crippen molar-refractivity contribution in [2.45, 2.75) is 26.8 Å². The largest absolute Gasteiger partial charge is 0.405 e. The van der Waals surface area contributed by atoms with Gasteiger partial charge >= 0.3 is 11.3 Å². The molecule has 0 aliphatic carbocycles. The molecule has 6 heteroatoms. The maximum Gasteiger partial charge on any atom is 0.337 e. The monoisotopic (exact) mass is 236 g/mol. The minimum atomic E-state index is -0.571. The van der Waals surface area contributed by atoms with Gasteiger partial charge in [-0.25, -0.2) is 9.59 Å². The van der Waals surface area contributed by atoms with Gasteiger partial charge in [0, 0.05) is 12.6 Å². The number of hydrogen-bond donors (Lipinski definition) is 1. The molecule has 2 aromatic heterocycles. The second-order valence-corrected chi connectivity index (χ2v) is 3.63. The standard InChI is InChI=1S/C11H12N2O4/c1-3-6-5-7(14)17-9-8(6)10(15)13(4-2)11(16)12-9/h5H,3-4H2,1-2H3,(H,12,16). The lowest BCUT2D eigenvalue weighted by Gasteiger charge is -2.05. The highest BCUT2D eigenvalue weighted by molar-refractivity contribution is 5.75. The van der Waals surface area contributed by atoms with Crippen molar-refractivity contribution in [3.05, 3.63) is 42.9 Å². The molecule has 0 saturated carbocycles. The maximum absolute atomic E-state index is 12.1. The number of aromatic nitrogens is 2. The Kier molecular flexibility index (Phi) is 2.71. The first-order valence-electron chi connectivity index (χ1n) is 5.38. The highest BCUT2D eigenvalue weighted by Gasteiger charge is 2.12. The first kappa shape index (κ1) is 11.4. The van der Waals surface area contributed by atoms with E-state index < -0.39 is 16.9 Å². The topological polar surface area (TPSA) is 85.1 Å². The first-order valence-corrected chi connectivity index (χ1v) is 5.38. The SMILES string of the molecule is CCc1cc(=O)oc2[nH]c(=O)n(CC)c(=O)c12. The van der Waals surface area contributed by atoms with Crippen molar-refractivity contribution in [1.29, 1.82) is 0 Å². The fourth-order valence-corrected chi connectivity index (χ4v) is 1.82. The third-order valence-electron chi connectivity index (χ3n) is 2.66. The maximum atomic E-state index is 12.1. The van der Waals surface area contributed by atoms with Gasteiger partial charge in [0.15, 0.2) is 0 Å². The summed E-state index contributed by atoms with van der Waals surface area (Å²) < 4.78 is 5.91. The highest BCUT2D eigenvalue weighted by Crippen LogP contribution is 2.09. The van der Waals surface area contributed by atoms with E-state index >= 15 is 0 Å². The normalized spacial score (nSPS) is 10.9. The van der Waals surface area contributed by atoms with Crippen molar-refractivity contribution in [3.63, 3.8) is 0 Å². The molecule has 2 rings (SSSR count). The van der Waals surface area contributed by atoms with E-state index in [4.69, 9.17) is 4.42 Å². The Labute approximate surface area is 95.5 Å². The number of hydrogen-bond acceptors (Lipinski definition) is 4. The van der Waals surface area contributed by atoms with E-state index in [9.17, 15) is 14.4 Å². The molecule has 90 valence electrons. The number of aryl methyl sites for hydroxylation is 1. The number of rotatable bonds is 2. The van der Waals surface area contributed by atoms with E-state index in [1.54, 1.807) is 6.92 Å². The van der Waals surface area contributed by atoms with E-state index in [1.807, 2.05) is 6.92 Å². The van der Waals surface area contributed by atoms with E-state index in [0.717, 1.165) is 4.57 Å². The number of H-pyrrole nitrogens is 1. The molecule has 0 aliphatic rings. The van der Waals surface area contributed by atoms with Gasteiger partial charge in [0.05, 0.1) is 0 Å². The van der Waals surface area contributed by atoms with Crippen LogP contribution in [0.3, 0.4) is 0 Å². The Morgan fingerprint density at radius 1 is 1.29 bits per heavy atom. The first-order chi connectivity index (χ1) is 8.08. The molecule has 0 bridgehead atoms. The van der Waals surface area contributed by atoms with E-state index in [0.29, 0.717) is 12.0 Å². The van der Waals surface area contributed by atoms with Crippen LogP contribution in [0.1, 0.15) is 19.4 Å². The fourth-order valence-electron chi connectivity index (χ4n) is 1.82. The molecule has 0 amide bonds. The van der Waals surface area contributed by atoms with Gasteiger partial charge in [0.25, 0.3) is 5.56 Å². The zero-order valence-corrected chi connectivity index (χ0v) is 9.57. The van der Waals surface area contributed by atoms with Crippen molar-refractivity contribution in [3.8, 4) is 0 Å². The van der Waals surface area contributed by atoms with Crippen LogP contribution in [0.2, 0.25) is 0 Å². The average molecular weight is 236 g/mol. The molecular weight excluding hydrogens is 224 g/mol. The predicted octanol–water partition coefficient (Wildman–Crippen LogP) is 0.225. The minimum absolute atomic E-state index is 0.0472. The Hall–Kier alpha value is -2.11. The van der Waals surface area contributed by atoms with Gasteiger partial charge in [0.2, 0.25) is 5.71 Å². The third kappa shape index (κ3) is 1.71. The molecule has 0 aromatic carbocycles. The molecular formula is C11H12N2O4. The summed E-state index contributed by atoms with van der Waals surface area (Å²) in [4.78, 5) is 37.2. The molecule has 0 aliphatic heterocycles. The number of nitrogens with zero attached hydrogens (tertiary/aromatic N) is 1. The fraction of sp³-hybridized carbons (Fsp3) is 0.364. The summed E-state index contributed by atoms with van der Waals surface area (Å²) in [5, 5.41) is 0.272. The van der Waals surface area contributed by atoms with Crippen molar-refractivity contribution in [1.82, 2.24) is 9.55 Å². The van der Waals surface area contributed by atoms with Gasteiger partial charge in [0.1, 0.15) is 5.39 Å². The van der Waals surface area contributed by atoms with Crippen molar-refractivity contribution in [2.75, 3.05) is 0 Å². The summed E-state index contributed by atoms with van der Waals surface area (Å²) in [6.07, 6.45) is 0.521. The minimum Gasteiger partial charge on any atom is -0.405 e. The Morgan fingerprint density at radius 3 is 2.59 bits per heavy atom. The van der Waals surface area contributed by atoms with E-state index in [2.05, 4.69) is 4.98 Å². The van der Waals surface area contributed by atoms with Crippen LogP contribution in [-0.2, 0) is 13.0 Å². The average Bonchev–Trinajstić information content (AvgIpc) is 2.27. The molecule has 2 heterocycles. The van der Waals surface area contributed by atoms with Crippen LogP contribution in [0, 0.1) is 0 Å². The number of fused-ring (bicyclic) bond motifs is 1. The van der Waals surface area contributed by atoms with Gasteiger partial charge in [-0.1, -0.05) is 6.92 Å². The quantitative estimate of drug-likeness (QED) is 0.808. The van der Waals surface area contributed by atoms with Gasteiger partial charge in [-0.2, -0.15) is 0 Å². The van der Waals surface area contributed by atoms with Crippen LogP contribution in [-0.4, -0.2) is 9.55 Å². The van der Waals surface area contributed by atoms with Gasteiger partial charge in [-0.15, -0.1) is 0 Å². The second kappa shape index (κ2) is 4.04. The predicted molar refractivity (Wildman–Crippen MR) is 62.4 cm³/mol. The van der Waals surface area contributed by atoms with Crippen LogP contribution in [0.25, 0.3) is 11.1 Å². The van der Waals surface area contributed by atoms with Gasteiger partial charge in [-0.05, 0) is 18.9 Å². The zero-order chi connectivity index (χ0) is 12.6. The summed E-state index contributed by atoms with van der Waals surface area (Å²) in [6, 6.07) is 1.28. The smallest absolute Gasteiger partial charge is 0.337 e. The number of aromatic amines is 1. The van der Waals surface area contributed by atoms with Crippen LogP contribution in [0.4, 0.5) is 0 Å². The lowest BCUT2D eigenvalue weighted by molar-refractivity contribution is 0.538. The Bertz CT molecular complexity index is 736. The highest BCUT2D eigenvalue weighted by atomic mass is 16.4. The second-order valence-electron chi connectivity index (χ2n) is 3.63. The summed E-state index contributed by atoms with van der Waals surface area (Å²) in [6.45, 7) is 3.80. The van der Waals surface area contributed by atoms with Crippen molar-refractivity contribution >= 4 is 11.1 Å². The molecule has 0 spiro atoms. The van der Waals surface area contributed by atoms with E-state index in [1.165, 1.54) is 6.07 Å². The molecule has 0 fully saturated rings. The molecule has 0 saturated heterocycles. The summed E-state index contributed by atoms with van der Waals surface area (Å²) in [7, 11) is 0. The van der Waals surface area contributed by atoms with Gasteiger partial charge < -0.3 is 4.42 Å². The summed E-state index contributed by atoms with van der Waals surface area (Å²) in [5.41, 5.74) is -1.03. The summed E-state index contributed by atoms with van der Waals surface area (Å²) >= 11 is 0. The molecule has 1 N–H and O–H groups in total. The zero-order valence-electron chi connectivity index (χ0n) is 9.57. The molecule has 0 atom stereocenters. The lowest BCUT2D eigenvalue weighted by Crippen LogP contribution is -2.35. The van der Waals surface area contributed by atoms with Gasteiger partial charge in [-0.3, -0.25) is 14.3 Å². The molecule has 6 nitrogen and oxygen atoms in total. The number of nitrogens with one attached hydrogen (secondary N) is 1. The van der Waals surface area contributed by atoms with Crippen molar-refractivity contribution < 1.29 is 4.42 Å². The summed E-state index contributed by atoms with van der Waals surface area (Å²) in [5.74, 6) is 0. The van der Waals surface area contributed by atoms with Crippen LogP contribution < -0.4 is 16.9 Å². The lowest BCUT2D eigenvalue weighted by atomic mass is 10.1. The van der Waals surface area contributed by atoms with Crippen LogP contribution in [0.5, 0.6) is 0 Å². The molecule has 2 aromatic rings.